The molecule has 1 aromatic carbocycles. The molecule has 3 rings (SSSR count). The summed E-state index contributed by atoms with van der Waals surface area (Å²) in [7, 11) is 0. The molecule has 0 bridgehead atoms. The van der Waals surface area contributed by atoms with Gasteiger partial charge in [0.05, 0.1) is 0 Å². The van der Waals surface area contributed by atoms with Crippen molar-refractivity contribution in [2.45, 2.75) is 25.9 Å². The Bertz CT molecular complexity index is 605. The van der Waals surface area contributed by atoms with Gasteiger partial charge in [-0.05, 0) is 18.9 Å². The molecule has 1 atom stereocenters. The molecular formula is C17H21FN4. The van der Waals surface area contributed by atoms with Crippen LogP contribution in [0.4, 0.5) is 10.2 Å². The molecule has 4 nitrogen and oxygen atoms in total. The zero-order chi connectivity index (χ0) is 15.4. The average Bonchev–Trinajstić information content (AvgIpc) is 2.69. The van der Waals surface area contributed by atoms with Gasteiger partial charge in [-0.1, -0.05) is 30.3 Å². The number of nitrogens with zero attached hydrogens (tertiary/aromatic N) is 4. The van der Waals surface area contributed by atoms with Crippen molar-refractivity contribution in [2.75, 3.05) is 24.5 Å². The van der Waals surface area contributed by atoms with Crippen LogP contribution in [0.2, 0.25) is 0 Å². The van der Waals surface area contributed by atoms with Gasteiger partial charge in [0.15, 0.2) is 0 Å². The maximum absolute atomic E-state index is 13.3. The standard InChI is InChI=1S/C17H21FN4/c1-14-11-21(12-15-6-3-2-4-7-15)8-5-9-22(14)17-10-16(18)19-13-20-17/h2-4,6-7,10,13-14H,5,8-9,11-12H2,1H3. The molecule has 1 aromatic heterocycles. The minimum absolute atomic E-state index is 0.292. The molecule has 0 radical (unpaired) electrons. The van der Waals surface area contributed by atoms with E-state index < -0.39 is 5.95 Å². The van der Waals surface area contributed by atoms with E-state index >= 15 is 0 Å². The van der Waals surface area contributed by atoms with Crippen LogP contribution in [0.3, 0.4) is 0 Å². The maximum atomic E-state index is 13.3. The summed E-state index contributed by atoms with van der Waals surface area (Å²) in [5, 5.41) is 0. The van der Waals surface area contributed by atoms with Gasteiger partial charge in [0.25, 0.3) is 0 Å². The smallest absolute Gasteiger partial charge is 0.218 e. The number of aromatic nitrogens is 2. The maximum Gasteiger partial charge on any atom is 0.218 e. The van der Waals surface area contributed by atoms with Gasteiger partial charge in [-0.15, -0.1) is 0 Å². The van der Waals surface area contributed by atoms with Crippen LogP contribution in [0, 0.1) is 5.95 Å². The van der Waals surface area contributed by atoms with E-state index in [0.29, 0.717) is 11.9 Å². The SMILES string of the molecule is CC1CN(Cc2ccccc2)CCCN1c1cc(F)ncn1. The van der Waals surface area contributed by atoms with E-state index in [4.69, 9.17) is 0 Å². The van der Waals surface area contributed by atoms with E-state index in [1.165, 1.54) is 18.0 Å². The van der Waals surface area contributed by atoms with E-state index in [1.807, 2.05) is 6.07 Å². The topological polar surface area (TPSA) is 32.3 Å². The summed E-state index contributed by atoms with van der Waals surface area (Å²) in [6.45, 7) is 6.01. The Morgan fingerprint density at radius 2 is 2.00 bits per heavy atom. The van der Waals surface area contributed by atoms with Gasteiger partial charge in [0.2, 0.25) is 5.95 Å². The molecule has 0 saturated carbocycles. The number of halogens is 1. The van der Waals surface area contributed by atoms with Crippen LogP contribution in [-0.4, -0.2) is 40.5 Å². The van der Waals surface area contributed by atoms with Crippen LogP contribution >= 0.6 is 0 Å². The van der Waals surface area contributed by atoms with E-state index in [2.05, 4.69) is 51.0 Å². The molecule has 1 unspecified atom stereocenters. The lowest BCUT2D eigenvalue weighted by Crippen LogP contribution is -2.39. The van der Waals surface area contributed by atoms with E-state index in [1.54, 1.807) is 0 Å². The molecule has 5 heteroatoms. The average molecular weight is 300 g/mol. The minimum atomic E-state index is -0.470. The molecule has 1 saturated heterocycles. The Labute approximate surface area is 130 Å². The molecule has 1 aliphatic heterocycles. The molecule has 1 fully saturated rings. The van der Waals surface area contributed by atoms with Crippen molar-refractivity contribution in [1.82, 2.24) is 14.9 Å². The summed E-state index contributed by atoms with van der Waals surface area (Å²) in [5.41, 5.74) is 1.33. The number of benzene rings is 1. The summed E-state index contributed by atoms with van der Waals surface area (Å²) in [5.74, 6) is 0.212. The third kappa shape index (κ3) is 3.60. The zero-order valence-electron chi connectivity index (χ0n) is 12.8. The van der Waals surface area contributed by atoms with Gasteiger partial charge >= 0.3 is 0 Å². The first-order chi connectivity index (χ1) is 10.7. The van der Waals surface area contributed by atoms with Gasteiger partial charge < -0.3 is 4.90 Å². The van der Waals surface area contributed by atoms with Gasteiger partial charge in [-0.25, -0.2) is 9.97 Å². The Morgan fingerprint density at radius 1 is 1.18 bits per heavy atom. The number of rotatable bonds is 3. The Morgan fingerprint density at radius 3 is 2.77 bits per heavy atom. The normalized spacial score (nSPS) is 19.9. The number of hydrogen-bond acceptors (Lipinski definition) is 4. The summed E-state index contributed by atoms with van der Waals surface area (Å²) < 4.78 is 13.3. The molecule has 1 aliphatic rings. The van der Waals surface area contributed by atoms with Crippen LogP contribution in [0.25, 0.3) is 0 Å². The molecule has 2 heterocycles. The molecule has 0 aliphatic carbocycles. The third-order valence-corrected chi connectivity index (χ3v) is 4.09. The molecule has 0 N–H and O–H groups in total. The van der Waals surface area contributed by atoms with E-state index in [9.17, 15) is 4.39 Å². The number of hydrogen-bond donors (Lipinski definition) is 0. The molecule has 0 amide bonds. The van der Waals surface area contributed by atoms with Gasteiger partial charge in [0, 0.05) is 38.3 Å². The van der Waals surface area contributed by atoms with Crippen molar-refractivity contribution >= 4 is 5.82 Å². The molecular weight excluding hydrogens is 279 g/mol. The van der Waals surface area contributed by atoms with Crippen molar-refractivity contribution in [3.63, 3.8) is 0 Å². The Balaban J connectivity index is 1.69. The largest absolute Gasteiger partial charge is 0.352 e. The lowest BCUT2D eigenvalue weighted by atomic mass is 10.2. The Hall–Kier alpha value is -2.01. The molecule has 22 heavy (non-hydrogen) atoms. The monoisotopic (exact) mass is 300 g/mol. The highest BCUT2D eigenvalue weighted by Crippen LogP contribution is 2.19. The second-order valence-electron chi connectivity index (χ2n) is 5.82. The second kappa shape index (κ2) is 6.83. The fourth-order valence-electron chi connectivity index (χ4n) is 3.06. The molecule has 2 aromatic rings. The van der Waals surface area contributed by atoms with Crippen molar-refractivity contribution in [2.24, 2.45) is 0 Å². The lowest BCUT2D eigenvalue weighted by Gasteiger charge is -2.29. The van der Waals surface area contributed by atoms with Crippen LogP contribution < -0.4 is 4.90 Å². The fourth-order valence-corrected chi connectivity index (χ4v) is 3.06. The van der Waals surface area contributed by atoms with Gasteiger partial charge in [-0.2, -0.15) is 4.39 Å². The zero-order valence-corrected chi connectivity index (χ0v) is 12.8. The van der Waals surface area contributed by atoms with Crippen LogP contribution in [0.1, 0.15) is 18.9 Å². The summed E-state index contributed by atoms with van der Waals surface area (Å²) >= 11 is 0. The van der Waals surface area contributed by atoms with Crippen molar-refractivity contribution in [3.8, 4) is 0 Å². The summed E-state index contributed by atoms with van der Waals surface area (Å²) in [6, 6.07) is 12.2. The summed E-state index contributed by atoms with van der Waals surface area (Å²) in [4.78, 5) is 12.4. The first-order valence-corrected chi connectivity index (χ1v) is 7.73. The summed E-state index contributed by atoms with van der Waals surface area (Å²) in [6.07, 6.45) is 2.34. The highest BCUT2D eigenvalue weighted by Gasteiger charge is 2.23. The number of anilines is 1. The van der Waals surface area contributed by atoms with Crippen molar-refractivity contribution in [1.29, 1.82) is 0 Å². The first kappa shape index (κ1) is 14.9. The Kier molecular flexibility index (Phi) is 4.63. The quantitative estimate of drug-likeness (QED) is 0.816. The predicted octanol–water partition coefficient (Wildman–Crippen LogP) is 2.72. The van der Waals surface area contributed by atoms with E-state index in [-0.39, 0.29) is 0 Å². The molecule has 116 valence electrons. The second-order valence-corrected chi connectivity index (χ2v) is 5.82. The first-order valence-electron chi connectivity index (χ1n) is 7.73. The highest BCUT2D eigenvalue weighted by atomic mass is 19.1. The molecule has 0 spiro atoms. The highest BCUT2D eigenvalue weighted by molar-refractivity contribution is 5.38. The van der Waals surface area contributed by atoms with Crippen molar-refractivity contribution in [3.05, 3.63) is 54.2 Å². The van der Waals surface area contributed by atoms with Crippen LogP contribution in [-0.2, 0) is 6.54 Å². The van der Waals surface area contributed by atoms with Gasteiger partial charge in [-0.3, -0.25) is 4.90 Å². The third-order valence-electron chi connectivity index (χ3n) is 4.09. The van der Waals surface area contributed by atoms with Gasteiger partial charge in [0.1, 0.15) is 12.1 Å². The van der Waals surface area contributed by atoms with E-state index in [0.717, 1.165) is 32.6 Å². The van der Waals surface area contributed by atoms with Crippen LogP contribution in [0.5, 0.6) is 0 Å². The van der Waals surface area contributed by atoms with Crippen LogP contribution in [0.15, 0.2) is 42.7 Å². The van der Waals surface area contributed by atoms with Crippen molar-refractivity contribution < 1.29 is 4.39 Å². The lowest BCUT2D eigenvalue weighted by molar-refractivity contribution is 0.268. The predicted molar refractivity (Wildman–Crippen MR) is 85.1 cm³/mol. The minimum Gasteiger partial charge on any atom is -0.352 e. The fraction of sp³-hybridized carbons (Fsp3) is 0.412.